The van der Waals surface area contributed by atoms with Crippen LogP contribution in [-0.4, -0.2) is 30.7 Å². The van der Waals surface area contributed by atoms with E-state index in [-0.39, 0.29) is 13.2 Å². The van der Waals surface area contributed by atoms with Crippen molar-refractivity contribution in [2.75, 3.05) is 0 Å². The zero-order valence-corrected chi connectivity index (χ0v) is 15.0. The average molecular weight is 371 g/mol. The van der Waals surface area contributed by atoms with E-state index in [1.807, 2.05) is 60.7 Å². The van der Waals surface area contributed by atoms with Crippen molar-refractivity contribution in [3.05, 3.63) is 82.2 Å². The first kappa shape index (κ1) is 19.3. The summed E-state index contributed by atoms with van der Waals surface area (Å²) in [5.41, 5.74) is 10.8. The van der Waals surface area contributed by atoms with Crippen molar-refractivity contribution in [1.82, 2.24) is 0 Å². The molecule has 1 unspecified atom stereocenters. The largest absolute Gasteiger partial charge is 0.370 e. The maximum atomic E-state index is 14.6. The van der Waals surface area contributed by atoms with Crippen LogP contribution < -0.4 is 0 Å². The van der Waals surface area contributed by atoms with Gasteiger partial charge in [-0.3, -0.25) is 0 Å². The molecule has 0 aromatic heterocycles. The molecule has 0 amide bonds. The lowest BCUT2D eigenvalue weighted by molar-refractivity contribution is -0.248. The van der Waals surface area contributed by atoms with Crippen LogP contribution in [0.5, 0.6) is 0 Å². The van der Waals surface area contributed by atoms with Crippen molar-refractivity contribution >= 4 is 0 Å². The van der Waals surface area contributed by atoms with E-state index in [2.05, 4.69) is 10.0 Å². The van der Waals surface area contributed by atoms with Crippen LogP contribution in [-0.2, 0) is 27.4 Å². The van der Waals surface area contributed by atoms with Gasteiger partial charge in [0.1, 0.15) is 12.2 Å². The van der Waals surface area contributed by atoms with E-state index in [9.17, 15) is 4.39 Å². The van der Waals surface area contributed by atoms with Crippen molar-refractivity contribution in [1.29, 1.82) is 0 Å². The standard InChI is InChI=1S/C20H22FN3O3/c1-14-17(23-24-22)18(25-12-15-8-4-2-5-9-15)19(20(21)27-14)26-13-16-10-6-3-7-11-16/h2-11,14,17-20H,12-13H2,1H3/t14-,17-,18+,19-,20?/m1/s1. The first-order valence-electron chi connectivity index (χ1n) is 8.84. The number of ether oxygens (including phenoxy) is 3. The third kappa shape index (κ3) is 5.05. The molecule has 5 atom stereocenters. The smallest absolute Gasteiger partial charge is 0.228 e. The number of hydrogen-bond donors (Lipinski definition) is 0. The predicted octanol–water partition coefficient (Wildman–Crippen LogP) is 4.55. The lowest BCUT2D eigenvalue weighted by Gasteiger charge is -2.41. The molecule has 0 saturated carbocycles. The van der Waals surface area contributed by atoms with E-state index in [4.69, 9.17) is 19.7 Å². The van der Waals surface area contributed by atoms with Gasteiger partial charge in [0.05, 0.1) is 25.4 Å². The molecule has 3 rings (SSSR count). The molecule has 1 saturated heterocycles. The molecule has 1 fully saturated rings. The van der Waals surface area contributed by atoms with Crippen molar-refractivity contribution in [2.24, 2.45) is 5.11 Å². The summed E-state index contributed by atoms with van der Waals surface area (Å²) in [5.74, 6) is 0. The topological polar surface area (TPSA) is 76.5 Å². The fraction of sp³-hybridized carbons (Fsp3) is 0.400. The minimum Gasteiger partial charge on any atom is -0.370 e. The highest BCUT2D eigenvalue weighted by atomic mass is 19.1. The van der Waals surface area contributed by atoms with Gasteiger partial charge in [-0.1, -0.05) is 65.8 Å². The van der Waals surface area contributed by atoms with Crippen LogP contribution in [0.2, 0.25) is 0 Å². The molecule has 0 bridgehead atoms. The van der Waals surface area contributed by atoms with Gasteiger partial charge in [-0.05, 0) is 23.6 Å². The van der Waals surface area contributed by atoms with Crippen LogP contribution in [0.3, 0.4) is 0 Å². The van der Waals surface area contributed by atoms with E-state index in [0.29, 0.717) is 0 Å². The van der Waals surface area contributed by atoms with Gasteiger partial charge in [0.25, 0.3) is 0 Å². The van der Waals surface area contributed by atoms with Crippen LogP contribution in [0.25, 0.3) is 10.4 Å². The summed E-state index contributed by atoms with van der Waals surface area (Å²) in [5, 5.41) is 3.78. The third-order valence-electron chi connectivity index (χ3n) is 4.50. The number of azide groups is 1. The van der Waals surface area contributed by atoms with E-state index < -0.39 is 30.7 Å². The highest BCUT2D eigenvalue weighted by Crippen LogP contribution is 2.30. The summed E-state index contributed by atoms with van der Waals surface area (Å²) >= 11 is 0. The lowest BCUT2D eigenvalue weighted by Crippen LogP contribution is -2.56. The van der Waals surface area contributed by atoms with E-state index >= 15 is 0 Å². The van der Waals surface area contributed by atoms with Crippen molar-refractivity contribution in [3.63, 3.8) is 0 Å². The maximum Gasteiger partial charge on any atom is 0.228 e. The predicted molar refractivity (Wildman–Crippen MR) is 98.4 cm³/mol. The second-order valence-corrected chi connectivity index (χ2v) is 6.41. The highest BCUT2D eigenvalue weighted by Gasteiger charge is 2.46. The summed E-state index contributed by atoms with van der Waals surface area (Å²) < 4.78 is 31.7. The van der Waals surface area contributed by atoms with Crippen LogP contribution in [0.15, 0.2) is 65.8 Å². The van der Waals surface area contributed by atoms with Crippen molar-refractivity contribution < 1.29 is 18.6 Å². The molecule has 1 aliphatic heterocycles. The normalized spacial score (nSPS) is 27.7. The molecule has 1 heterocycles. The molecule has 0 spiro atoms. The quantitative estimate of drug-likeness (QED) is 0.407. The fourth-order valence-electron chi connectivity index (χ4n) is 3.09. The molecule has 0 radical (unpaired) electrons. The van der Waals surface area contributed by atoms with Gasteiger partial charge in [0.2, 0.25) is 6.36 Å². The van der Waals surface area contributed by atoms with Crippen molar-refractivity contribution in [3.8, 4) is 0 Å². The Morgan fingerprint density at radius 3 is 2.00 bits per heavy atom. The molecule has 27 heavy (non-hydrogen) atoms. The summed E-state index contributed by atoms with van der Waals surface area (Å²) in [7, 11) is 0. The zero-order valence-electron chi connectivity index (χ0n) is 15.0. The van der Waals surface area contributed by atoms with Crippen LogP contribution in [0.1, 0.15) is 18.1 Å². The first-order valence-corrected chi connectivity index (χ1v) is 8.84. The average Bonchev–Trinajstić information content (AvgIpc) is 2.69. The summed E-state index contributed by atoms with van der Waals surface area (Å²) in [6.07, 6.45) is -4.05. The van der Waals surface area contributed by atoms with E-state index in [1.54, 1.807) is 6.92 Å². The van der Waals surface area contributed by atoms with Crippen LogP contribution in [0.4, 0.5) is 4.39 Å². The SMILES string of the molecule is C[C@H]1OC(F)[C@H](OCc2ccccc2)[C@@H](OCc2ccccc2)[C@@H]1N=[N+]=[N-]. The summed E-state index contributed by atoms with van der Waals surface area (Å²) in [6, 6.07) is 18.3. The van der Waals surface area contributed by atoms with Gasteiger partial charge in [0.15, 0.2) is 0 Å². The Morgan fingerprint density at radius 2 is 1.48 bits per heavy atom. The Labute approximate surface area is 157 Å². The molecular weight excluding hydrogens is 349 g/mol. The second-order valence-electron chi connectivity index (χ2n) is 6.41. The van der Waals surface area contributed by atoms with Gasteiger partial charge in [0, 0.05) is 4.91 Å². The summed E-state index contributed by atoms with van der Waals surface area (Å²) in [4.78, 5) is 2.88. The second kappa shape index (κ2) is 9.48. The molecule has 2 aromatic carbocycles. The lowest BCUT2D eigenvalue weighted by atomic mass is 9.97. The molecular formula is C20H22FN3O3. The minimum absolute atomic E-state index is 0.206. The number of hydrogen-bond acceptors (Lipinski definition) is 4. The van der Waals surface area contributed by atoms with E-state index in [0.717, 1.165) is 11.1 Å². The number of nitrogens with zero attached hydrogens (tertiary/aromatic N) is 3. The Bertz CT molecular complexity index is 756. The van der Waals surface area contributed by atoms with E-state index in [1.165, 1.54) is 0 Å². The summed E-state index contributed by atoms with van der Waals surface area (Å²) in [6.45, 7) is 2.13. The number of halogens is 1. The molecule has 6 nitrogen and oxygen atoms in total. The molecule has 142 valence electrons. The van der Waals surface area contributed by atoms with Gasteiger partial charge < -0.3 is 14.2 Å². The molecule has 0 aliphatic carbocycles. The molecule has 2 aromatic rings. The zero-order chi connectivity index (χ0) is 19.1. The van der Waals surface area contributed by atoms with Gasteiger partial charge in [-0.25, -0.2) is 4.39 Å². The van der Waals surface area contributed by atoms with Crippen LogP contribution >= 0.6 is 0 Å². The monoisotopic (exact) mass is 371 g/mol. The minimum atomic E-state index is -1.67. The number of benzene rings is 2. The Morgan fingerprint density at radius 1 is 0.963 bits per heavy atom. The fourth-order valence-corrected chi connectivity index (χ4v) is 3.09. The van der Waals surface area contributed by atoms with Gasteiger partial charge >= 0.3 is 0 Å². The van der Waals surface area contributed by atoms with Crippen molar-refractivity contribution in [2.45, 2.75) is 50.8 Å². The molecule has 7 heteroatoms. The van der Waals surface area contributed by atoms with Crippen LogP contribution in [0, 0.1) is 0 Å². The van der Waals surface area contributed by atoms with Gasteiger partial charge in [-0.15, -0.1) is 0 Å². The highest BCUT2D eigenvalue weighted by molar-refractivity contribution is 5.14. The number of rotatable bonds is 7. The molecule has 1 aliphatic rings. The van der Waals surface area contributed by atoms with Gasteiger partial charge in [-0.2, -0.15) is 0 Å². The molecule has 0 N–H and O–H groups in total. The Kier molecular flexibility index (Phi) is 6.79. The number of alkyl halides is 1. The first-order chi connectivity index (χ1) is 13.2. The maximum absolute atomic E-state index is 14.6. The Hall–Kier alpha value is -2.44. The third-order valence-corrected chi connectivity index (χ3v) is 4.50. The Balaban J connectivity index is 1.76.